The quantitative estimate of drug-likeness (QED) is 0.839. The van der Waals surface area contributed by atoms with Crippen LogP contribution in [0.5, 0.6) is 5.75 Å². The third-order valence-electron chi connectivity index (χ3n) is 2.42. The zero-order valence-electron chi connectivity index (χ0n) is 11.5. The average molecular weight is 300 g/mol. The molecule has 1 N–H and O–H groups in total. The van der Waals surface area contributed by atoms with Crippen LogP contribution in [0.15, 0.2) is 24.3 Å². The summed E-state index contributed by atoms with van der Waals surface area (Å²) in [7, 11) is 0. The van der Waals surface area contributed by atoms with Crippen LogP contribution in [0.4, 0.5) is 0 Å². The SMILES string of the molecule is CC(C)CN(CC(=O)O)C(=O)COc1cccc(Cl)c1. The minimum absolute atomic E-state index is 0.185. The first-order chi connectivity index (χ1) is 9.38. The van der Waals surface area contributed by atoms with Gasteiger partial charge in [0, 0.05) is 11.6 Å². The molecule has 0 fully saturated rings. The van der Waals surface area contributed by atoms with Crippen molar-refractivity contribution in [2.24, 2.45) is 5.92 Å². The third kappa shape index (κ3) is 5.93. The van der Waals surface area contributed by atoms with Crippen LogP contribution in [-0.2, 0) is 9.59 Å². The van der Waals surface area contributed by atoms with Gasteiger partial charge in [-0.05, 0) is 24.1 Å². The van der Waals surface area contributed by atoms with E-state index in [-0.39, 0.29) is 25.0 Å². The van der Waals surface area contributed by atoms with Crippen molar-refractivity contribution in [2.75, 3.05) is 19.7 Å². The average Bonchev–Trinajstić information content (AvgIpc) is 2.34. The normalized spacial score (nSPS) is 10.4. The number of aliphatic carboxylic acids is 1. The van der Waals surface area contributed by atoms with Crippen molar-refractivity contribution in [3.63, 3.8) is 0 Å². The van der Waals surface area contributed by atoms with Gasteiger partial charge in [0.2, 0.25) is 0 Å². The van der Waals surface area contributed by atoms with Crippen molar-refractivity contribution in [1.29, 1.82) is 0 Å². The van der Waals surface area contributed by atoms with Crippen LogP contribution in [0.2, 0.25) is 5.02 Å². The lowest BCUT2D eigenvalue weighted by Crippen LogP contribution is -2.40. The first kappa shape index (κ1) is 16.3. The predicted molar refractivity (Wildman–Crippen MR) is 76.0 cm³/mol. The number of halogens is 1. The van der Waals surface area contributed by atoms with Gasteiger partial charge in [0.25, 0.3) is 5.91 Å². The van der Waals surface area contributed by atoms with E-state index in [1.54, 1.807) is 24.3 Å². The first-order valence-corrected chi connectivity index (χ1v) is 6.64. The van der Waals surface area contributed by atoms with E-state index in [0.717, 1.165) is 0 Å². The van der Waals surface area contributed by atoms with E-state index in [9.17, 15) is 9.59 Å². The Kier molecular flexibility index (Phi) is 6.31. The fourth-order valence-electron chi connectivity index (χ4n) is 1.65. The van der Waals surface area contributed by atoms with Gasteiger partial charge >= 0.3 is 5.97 Å². The maximum absolute atomic E-state index is 12.0. The summed E-state index contributed by atoms with van der Waals surface area (Å²) >= 11 is 5.81. The Balaban J connectivity index is 2.59. The Morgan fingerprint density at radius 3 is 2.65 bits per heavy atom. The summed E-state index contributed by atoms with van der Waals surface area (Å²) < 4.78 is 5.32. The van der Waals surface area contributed by atoms with Gasteiger partial charge in [0.15, 0.2) is 6.61 Å². The summed E-state index contributed by atoms with van der Waals surface area (Å²) in [5, 5.41) is 9.33. The molecular weight excluding hydrogens is 282 g/mol. The molecule has 0 radical (unpaired) electrons. The van der Waals surface area contributed by atoms with Crippen LogP contribution in [0, 0.1) is 5.92 Å². The van der Waals surface area contributed by atoms with Gasteiger partial charge in [-0.1, -0.05) is 31.5 Å². The van der Waals surface area contributed by atoms with E-state index < -0.39 is 5.97 Å². The number of benzene rings is 1. The number of carbonyl (C=O) groups excluding carboxylic acids is 1. The monoisotopic (exact) mass is 299 g/mol. The summed E-state index contributed by atoms with van der Waals surface area (Å²) in [5.74, 6) is -0.738. The summed E-state index contributed by atoms with van der Waals surface area (Å²) in [6.07, 6.45) is 0. The first-order valence-electron chi connectivity index (χ1n) is 6.26. The maximum Gasteiger partial charge on any atom is 0.323 e. The summed E-state index contributed by atoms with van der Waals surface area (Å²) in [4.78, 5) is 24.0. The van der Waals surface area contributed by atoms with E-state index >= 15 is 0 Å². The number of nitrogens with zero attached hydrogens (tertiary/aromatic N) is 1. The molecule has 110 valence electrons. The molecule has 0 saturated heterocycles. The van der Waals surface area contributed by atoms with Crippen molar-refractivity contribution in [1.82, 2.24) is 4.90 Å². The van der Waals surface area contributed by atoms with Gasteiger partial charge in [-0.2, -0.15) is 0 Å². The Hall–Kier alpha value is -1.75. The molecule has 0 unspecified atom stereocenters. The standard InChI is InChI=1S/C14H18ClNO4/c1-10(2)7-16(8-14(18)19)13(17)9-20-12-5-3-4-11(15)6-12/h3-6,10H,7-9H2,1-2H3,(H,18,19). The lowest BCUT2D eigenvalue weighted by molar-refractivity contribution is -0.145. The highest BCUT2D eigenvalue weighted by Gasteiger charge is 2.18. The van der Waals surface area contributed by atoms with Crippen LogP contribution in [-0.4, -0.2) is 41.6 Å². The lowest BCUT2D eigenvalue weighted by atomic mass is 10.2. The second-order valence-electron chi connectivity index (χ2n) is 4.81. The number of ether oxygens (including phenoxy) is 1. The third-order valence-corrected chi connectivity index (χ3v) is 2.66. The Morgan fingerprint density at radius 2 is 2.10 bits per heavy atom. The minimum Gasteiger partial charge on any atom is -0.484 e. The summed E-state index contributed by atoms with van der Waals surface area (Å²) in [6.45, 7) is 3.68. The molecule has 0 aliphatic heterocycles. The fourth-order valence-corrected chi connectivity index (χ4v) is 1.83. The van der Waals surface area contributed by atoms with Gasteiger partial charge in [0.1, 0.15) is 12.3 Å². The molecule has 1 aromatic carbocycles. The molecule has 1 amide bonds. The van der Waals surface area contributed by atoms with Crippen LogP contribution >= 0.6 is 11.6 Å². The molecule has 0 atom stereocenters. The Morgan fingerprint density at radius 1 is 1.40 bits per heavy atom. The van der Waals surface area contributed by atoms with Gasteiger partial charge < -0.3 is 14.7 Å². The minimum atomic E-state index is -1.04. The molecule has 0 aromatic heterocycles. The van der Waals surface area contributed by atoms with E-state index in [1.165, 1.54) is 4.90 Å². The molecule has 1 rings (SSSR count). The maximum atomic E-state index is 12.0. The predicted octanol–water partition coefficient (Wildman–Crippen LogP) is 2.29. The molecule has 6 heteroatoms. The van der Waals surface area contributed by atoms with Gasteiger partial charge in [-0.3, -0.25) is 9.59 Å². The second kappa shape index (κ2) is 7.75. The molecular formula is C14H18ClNO4. The van der Waals surface area contributed by atoms with E-state index in [2.05, 4.69) is 0 Å². The number of rotatable bonds is 7. The van der Waals surface area contributed by atoms with E-state index in [1.807, 2.05) is 13.8 Å². The highest BCUT2D eigenvalue weighted by Crippen LogP contribution is 2.17. The number of carboxylic acids is 1. The fraction of sp³-hybridized carbons (Fsp3) is 0.429. The Labute approximate surface area is 123 Å². The number of carboxylic acid groups (broad SMARTS) is 1. The van der Waals surface area contributed by atoms with Gasteiger partial charge in [0.05, 0.1) is 0 Å². The number of hydrogen-bond acceptors (Lipinski definition) is 3. The zero-order valence-corrected chi connectivity index (χ0v) is 12.3. The topological polar surface area (TPSA) is 66.8 Å². The molecule has 0 saturated carbocycles. The van der Waals surface area contributed by atoms with Crippen LogP contribution in [0.25, 0.3) is 0 Å². The van der Waals surface area contributed by atoms with E-state index in [4.69, 9.17) is 21.4 Å². The number of amides is 1. The molecule has 0 heterocycles. The largest absolute Gasteiger partial charge is 0.484 e. The summed E-state index contributed by atoms with van der Waals surface area (Å²) in [5.41, 5.74) is 0. The van der Waals surface area contributed by atoms with Gasteiger partial charge in [-0.15, -0.1) is 0 Å². The van der Waals surface area contributed by atoms with Crippen LogP contribution in [0.3, 0.4) is 0 Å². The molecule has 5 nitrogen and oxygen atoms in total. The molecule has 1 aromatic rings. The number of hydrogen-bond donors (Lipinski definition) is 1. The van der Waals surface area contributed by atoms with Crippen molar-refractivity contribution in [3.8, 4) is 5.75 Å². The van der Waals surface area contributed by atoms with E-state index in [0.29, 0.717) is 17.3 Å². The van der Waals surface area contributed by atoms with Crippen LogP contribution in [0.1, 0.15) is 13.8 Å². The molecule has 0 bridgehead atoms. The molecule has 0 spiro atoms. The highest BCUT2D eigenvalue weighted by atomic mass is 35.5. The highest BCUT2D eigenvalue weighted by molar-refractivity contribution is 6.30. The molecule has 0 aliphatic carbocycles. The second-order valence-corrected chi connectivity index (χ2v) is 5.24. The van der Waals surface area contributed by atoms with Crippen molar-refractivity contribution >= 4 is 23.5 Å². The molecule has 0 aliphatic rings. The van der Waals surface area contributed by atoms with Crippen molar-refractivity contribution in [3.05, 3.63) is 29.3 Å². The smallest absolute Gasteiger partial charge is 0.323 e. The Bertz CT molecular complexity index is 476. The lowest BCUT2D eigenvalue weighted by Gasteiger charge is -2.22. The van der Waals surface area contributed by atoms with Gasteiger partial charge in [-0.25, -0.2) is 0 Å². The zero-order chi connectivity index (χ0) is 15.1. The van der Waals surface area contributed by atoms with Crippen molar-refractivity contribution < 1.29 is 19.4 Å². The van der Waals surface area contributed by atoms with Crippen LogP contribution < -0.4 is 4.74 Å². The number of carbonyl (C=O) groups is 2. The molecule has 20 heavy (non-hydrogen) atoms. The summed E-state index contributed by atoms with van der Waals surface area (Å²) in [6, 6.07) is 6.69. The van der Waals surface area contributed by atoms with Crippen molar-refractivity contribution in [2.45, 2.75) is 13.8 Å².